The highest BCUT2D eigenvalue weighted by atomic mass is 32.1. The number of carbonyl (C=O) groups is 4. The summed E-state index contributed by atoms with van der Waals surface area (Å²) in [6.07, 6.45) is 0.899. The van der Waals surface area contributed by atoms with E-state index in [-0.39, 0.29) is 36.5 Å². The fourth-order valence-corrected chi connectivity index (χ4v) is 6.78. The van der Waals surface area contributed by atoms with E-state index in [9.17, 15) is 19.2 Å². The molecule has 2 aliphatic rings. The second kappa shape index (κ2) is 10.7. The first kappa shape index (κ1) is 25.4. The third kappa shape index (κ3) is 5.48. The monoisotopic (exact) mass is 562 g/mol. The predicted octanol–water partition coefficient (Wildman–Crippen LogP) is 3.57. The van der Waals surface area contributed by atoms with Gasteiger partial charge in [-0.2, -0.15) is 0 Å². The summed E-state index contributed by atoms with van der Waals surface area (Å²) >= 11 is 2.81. The maximum absolute atomic E-state index is 12.8. The Labute approximate surface area is 232 Å². The largest absolute Gasteiger partial charge is 0.342 e. The molecule has 12 heteroatoms. The van der Waals surface area contributed by atoms with Crippen molar-refractivity contribution < 1.29 is 19.2 Å². The van der Waals surface area contributed by atoms with Crippen LogP contribution in [0.5, 0.6) is 0 Å². The van der Waals surface area contributed by atoms with Gasteiger partial charge in [-0.3, -0.25) is 19.2 Å². The summed E-state index contributed by atoms with van der Waals surface area (Å²) in [7, 11) is 0. The van der Waals surface area contributed by atoms with Crippen LogP contribution in [0.1, 0.15) is 19.3 Å². The molecule has 6 rings (SSSR count). The SMILES string of the molecule is O=C(Nc1nc2ccccc2s1)[C@@H]1CC(=O)N(CCCN2C[C@H](C(=O)Nc3nc4ccccc4s3)CC2=O)C1. The number of amides is 4. The highest BCUT2D eigenvalue weighted by Crippen LogP contribution is 2.29. The molecule has 10 nitrogen and oxygen atoms in total. The molecule has 2 aromatic heterocycles. The van der Waals surface area contributed by atoms with E-state index in [4.69, 9.17) is 0 Å². The molecule has 2 saturated heterocycles. The van der Waals surface area contributed by atoms with Gasteiger partial charge in [0.2, 0.25) is 23.6 Å². The first-order valence-electron chi connectivity index (χ1n) is 12.8. The number of anilines is 2. The Morgan fingerprint density at radius 3 is 1.62 bits per heavy atom. The van der Waals surface area contributed by atoms with Crippen molar-refractivity contribution in [3.05, 3.63) is 48.5 Å². The Hall–Kier alpha value is -3.90. The first-order chi connectivity index (χ1) is 18.9. The molecule has 4 amide bonds. The number of rotatable bonds is 8. The summed E-state index contributed by atoms with van der Waals surface area (Å²) in [4.78, 5) is 62.9. The van der Waals surface area contributed by atoms with Gasteiger partial charge in [-0.15, -0.1) is 0 Å². The topological polar surface area (TPSA) is 125 Å². The van der Waals surface area contributed by atoms with E-state index in [1.165, 1.54) is 22.7 Å². The summed E-state index contributed by atoms with van der Waals surface area (Å²) in [5.74, 6) is -1.43. The molecule has 0 unspecified atom stereocenters. The van der Waals surface area contributed by atoms with E-state index < -0.39 is 11.8 Å². The van der Waals surface area contributed by atoms with Gasteiger partial charge in [0.15, 0.2) is 10.3 Å². The van der Waals surface area contributed by atoms with Crippen molar-refractivity contribution in [3.8, 4) is 0 Å². The molecule has 200 valence electrons. The average molecular weight is 563 g/mol. The third-order valence-corrected chi connectivity index (χ3v) is 8.98. The normalized spacial score (nSPS) is 19.4. The highest BCUT2D eigenvalue weighted by molar-refractivity contribution is 7.22. The number of likely N-dealkylation sites (tertiary alicyclic amines) is 2. The number of nitrogens with one attached hydrogen (secondary N) is 2. The van der Waals surface area contributed by atoms with Crippen molar-refractivity contribution in [1.82, 2.24) is 19.8 Å². The Kier molecular flexibility index (Phi) is 6.96. The van der Waals surface area contributed by atoms with Gasteiger partial charge in [0.1, 0.15) is 0 Å². The molecule has 2 atom stereocenters. The summed E-state index contributed by atoms with van der Waals surface area (Å²) in [5, 5.41) is 6.77. The van der Waals surface area contributed by atoms with E-state index >= 15 is 0 Å². The van der Waals surface area contributed by atoms with Crippen LogP contribution in [-0.2, 0) is 19.2 Å². The van der Waals surface area contributed by atoms with Gasteiger partial charge in [-0.1, -0.05) is 46.9 Å². The molecule has 0 radical (unpaired) electrons. The summed E-state index contributed by atoms with van der Waals surface area (Å²) in [6.45, 7) is 1.60. The van der Waals surface area contributed by atoms with E-state index in [0.717, 1.165) is 20.4 Å². The minimum atomic E-state index is -0.437. The van der Waals surface area contributed by atoms with E-state index in [0.29, 0.717) is 42.9 Å². The van der Waals surface area contributed by atoms with Crippen molar-refractivity contribution in [2.45, 2.75) is 19.3 Å². The van der Waals surface area contributed by atoms with Crippen molar-refractivity contribution in [3.63, 3.8) is 0 Å². The molecule has 0 saturated carbocycles. The number of nitrogens with zero attached hydrogens (tertiary/aromatic N) is 4. The fourth-order valence-electron chi connectivity index (χ4n) is 5.05. The van der Waals surface area contributed by atoms with Gasteiger partial charge < -0.3 is 20.4 Å². The zero-order valence-corrected chi connectivity index (χ0v) is 22.6. The predicted molar refractivity (Wildman–Crippen MR) is 150 cm³/mol. The van der Waals surface area contributed by atoms with Crippen LogP contribution in [-0.4, -0.2) is 69.6 Å². The molecule has 2 aromatic carbocycles. The molecule has 0 bridgehead atoms. The summed E-state index contributed by atoms with van der Waals surface area (Å²) in [5.41, 5.74) is 1.66. The number of thiazole rings is 2. The lowest BCUT2D eigenvalue weighted by atomic mass is 10.1. The number of hydrogen-bond acceptors (Lipinski definition) is 8. The van der Waals surface area contributed by atoms with Crippen LogP contribution in [0.3, 0.4) is 0 Å². The van der Waals surface area contributed by atoms with Gasteiger partial charge in [0.25, 0.3) is 0 Å². The standard InChI is InChI=1S/C27H26N6O4S2/c34-22-12-16(24(36)30-26-28-18-6-1-3-8-20(18)38-26)14-32(22)10-5-11-33-15-17(13-23(33)35)25(37)31-27-29-19-7-2-4-9-21(19)39-27/h1-4,6-9,16-17H,5,10-15H2,(H,28,30,36)(H,29,31,37)/t16-,17-/m1/s1. The third-order valence-electron chi connectivity index (χ3n) is 7.07. The van der Waals surface area contributed by atoms with Crippen LogP contribution in [0, 0.1) is 11.8 Å². The Morgan fingerprint density at radius 1 is 0.744 bits per heavy atom. The summed E-state index contributed by atoms with van der Waals surface area (Å²) < 4.78 is 1.98. The van der Waals surface area contributed by atoms with E-state index in [1.807, 2.05) is 48.5 Å². The number of carbonyl (C=O) groups excluding carboxylic acids is 4. The molecule has 0 spiro atoms. The number of benzene rings is 2. The molecule has 2 N–H and O–H groups in total. The molecule has 4 heterocycles. The second-order valence-corrected chi connectivity index (χ2v) is 11.8. The molecular weight excluding hydrogens is 536 g/mol. The summed E-state index contributed by atoms with van der Waals surface area (Å²) in [6, 6.07) is 15.3. The molecule has 39 heavy (non-hydrogen) atoms. The van der Waals surface area contributed by atoms with E-state index in [2.05, 4.69) is 20.6 Å². The lowest BCUT2D eigenvalue weighted by Crippen LogP contribution is -2.33. The Morgan fingerprint density at radius 2 is 1.18 bits per heavy atom. The van der Waals surface area contributed by atoms with Gasteiger partial charge in [0, 0.05) is 39.0 Å². The van der Waals surface area contributed by atoms with Crippen molar-refractivity contribution in [2.75, 3.05) is 36.8 Å². The number of hydrogen-bond donors (Lipinski definition) is 2. The number of fused-ring (bicyclic) bond motifs is 2. The van der Waals surface area contributed by atoms with Crippen molar-refractivity contribution in [1.29, 1.82) is 0 Å². The van der Waals surface area contributed by atoms with Gasteiger partial charge >= 0.3 is 0 Å². The molecule has 2 fully saturated rings. The van der Waals surface area contributed by atoms with Crippen LogP contribution in [0.2, 0.25) is 0 Å². The minimum Gasteiger partial charge on any atom is -0.342 e. The second-order valence-electron chi connectivity index (χ2n) is 9.79. The first-order valence-corrected chi connectivity index (χ1v) is 14.4. The average Bonchev–Trinajstić information content (AvgIpc) is 3.69. The molecule has 2 aliphatic heterocycles. The van der Waals surface area contributed by atoms with Crippen LogP contribution < -0.4 is 10.6 Å². The van der Waals surface area contributed by atoms with Crippen LogP contribution in [0.4, 0.5) is 10.3 Å². The van der Waals surface area contributed by atoms with Gasteiger partial charge in [-0.25, -0.2) is 9.97 Å². The van der Waals surface area contributed by atoms with Crippen LogP contribution in [0.25, 0.3) is 20.4 Å². The van der Waals surface area contributed by atoms with E-state index in [1.54, 1.807) is 9.80 Å². The van der Waals surface area contributed by atoms with Crippen molar-refractivity contribution in [2.24, 2.45) is 11.8 Å². The van der Waals surface area contributed by atoms with Gasteiger partial charge in [-0.05, 0) is 30.7 Å². The lowest BCUT2D eigenvalue weighted by molar-refractivity contribution is -0.129. The maximum atomic E-state index is 12.8. The Bertz CT molecular complexity index is 1400. The Balaban J connectivity index is 0.962. The highest BCUT2D eigenvalue weighted by Gasteiger charge is 2.36. The molecule has 4 aromatic rings. The molecular formula is C27H26N6O4S2. The van der Waals surface area contributed by atoms with Crippen LogP contribution >= 0.6 is 22.7 Å². The fraction of sp³-hybridized carbons (Fsp3) is 0.333. The zero-order valence-electron chi connectivity index (χ0n) is 21.0. The number of para-hydroxylation sites is 2. The smallest absolute Gasteiger partial charge is 0.231 e. The number of aromatic nitrogens is 2. The lowest BCUT2D eigenvalue weighted by Gasteiger charge is -2.20. The van der Waals surface area contributed by atoms with Gasteiger partial charge in [0.05, 0.1) is 32.3 Å². The molecule has 0 aliphatic carbocycles. The zero-order chi connectivity index (χ0) is 26.9. The van der Waals surface area contributed by atoms with Crippen molar-refractivity contribution >= 4 is 77.0 Å². The van der Waals surface area contributed by atoms with Crippen LogP contribution in [0.15, 0.2) is 48.5 Å². The maximum Gasteiger partial charge on any atom is 0.231 e. The minimum absolute atomic E-state index is 0.0692. The quantitative estimate of drug-likeness (QED) is 0.338.